The smallest absolute Gasteiger partial charge is 0.163 e. The van der Waals surface area contributed by atoms with Crippen LogP contribution in [-0.2, 0) is 19.3 Å². The quantitative estimate of drug-likeness (QED) is 0.494. The summed E-state index contributed by atoms with van der Waals surface area (Å²) in [6.45, 7) is 0.648. The Labute approximate surface area is 179 Å². The average Bonchev–Trinajstić information content (AvgIpc) is 3.17. The van der Waals surface area contributed by atoms with Gasteiger partial charge >= 0.3 is 0 Å². The van der Waals surface area contributed by atoms with Crippen molar-refractivity contribution in [3.05, 3.63) is 65.1 Å². The summed E-state index contributed by atoms with van der Waals surface area (Å²) in [6, 6.07) is 7.91. The Morgan fingerprint density at radius 1 is 0.967 bits per heavy atom. The molecule has 0 spiro atoms. The third-order valence-corrected chi connectivity index (χ3v) is 6.72. The third-order valence-electron chi connectivity index (χ3n) is 5.53. The first-order valence-corrected chi connectivity index (χ1v) is 11.2. The van der Waals surface area contributed by atoms with Gasteiger partial charge in [-0.05, 0) is 67.5 Å². The topological polar surface area (TPSA) is 89.6 Å². The highest BCUT2D eigenvalue weighted by atomic mass is 32.1. The number of hydrogen-bond acceptors (Lipinski definition) is 7. The third kappa shape index (κ3) is 3.91. The van der Waals surface area contributed by atoms with Crippen LogP contribution in [0.2, 0.25) is 0 Å². The lowest BCUT2D eigenvalue weighted by Gasteiger charge is -2.16. The molecule has 4 aromatic rings. The molecule has 0 radical (unpaired) electrons. The second-order valence-electron chi connectivity index (χ2n) is 7.72. The minimum absolute atomic E-state index is 0.0174. The molecule has 0 bridgehead atoms. The lowest BCUT2D eigenvalue weighted by atomic mass is 9.97. The van der Waals surface area contributed by atoms with Crippen molar-refractivity contribution in [1.82, 2.24) is 19.9 Å². The summed E-state index contributed by atoms with van der Waals surface area (Å²) in [5.74, 6) is 1.63. The van der Waals surface area contributed by atoms with E-state index in [-0.39, 0.29) is 6.04 Å². The van der Waals surface area contributed by atoms with E-state index in [0.717, 1.165) is 41.3 Å². The molecule has 3 N–H and O–H groups in total. The molecule has 1 atom stereocenters. The van der Waals surface area contributed by atoms with Gasteiger partial charge in [0.2, 0.25) is 0 Å². The van der Waals surface area contributed by atoms with Crippen LogP contribution in [0, 0.1) is 0 Å². The molecule has 30 heavy (non-hydrogen) atoms. The molecule has 7 heteroatoms. The molecule has 5 rings (SSSR count). The first kappa shape index (κ1) is 19.1. The zero-order valence-corrected chi connectivity index (χ0v) is 17.5. The Kier molecular flexibility index (Phi) is 5.38. The van der Waals surface area contributed by atoms with Gasteiger partial charge in [0.25, 0.3) is 0 Å². The standard InChI is InChI=1S/C23H24N6S/c24-17(13-15-5-9-25-10-6-15)14-27-22-20-18-3-1-2-4-19(18)30-23(20)29-21(28-22)16-7-11-26-12-8-16/h5-12,17H,1-4,13-14,24H2,(H,27,28,29)/t17-/m0/s1. The number of rotatable bonds is 6. The Hall–Kier alpha value is -2.90. The summed E-state index contributed by atoms with van der Waals surface area (Å²) in [6.07, 6.45) is 12.7. The summed E-state index contributed by atoms with van der Waals surface area (Å²) in [7, 11) is 0. The SMILES string of the molecule is N[C@H](CNc1nc(-c2ccncc2)nc2sc3c(c12)CCCC3)Cc1ccncc1. The first-order chi connectivity index (χ1) is 14.8. The molecule has 0 saturated heterocycles. The van der Waals surface area contributed by atoms with Gasteiger partial charge in [0.15, 0.2) is 5.82 Å². The van der Waals surface area contributed by atoms with Crippen molar-refractivity contribution in [3.63, 3.8) is 0 Å². The number of aromatic nitrogens is 4. The second kappa shape index (κ2) is 8.45. The lowest BCUT2D eigenvalue weighted by molar-refractivity contribution is 0.695. The lowest BCUT2D eigenvalue weighted by Crippen LogP contribution is -2.31. The Morgan fingerprint density at radius 3 is 2.50 bits per heavy atom. The van der Waals surface area contributed by atoms with Crippen LogP contribution in [0.15, 0.2) is 49.1 Å². The minimum Gasteiger partial charge on any atom is -0.368 e. The molecular weight excluding hydrogens is 392 g/mol. The van der Waals surface area contributed by atoms with Crippen LogP contribution in [0.25, 0.3) is 21.6 Å². The number of nitrogens with zero attached hydrogens (tertiary/aromatic N) is 4. The van der Waals surface area contributed by atoms with E-state index in [4.69, 9.17) is 15.7 Å². The van der Waals surface area contributed by atoms with Crippen molar-refractivity contribution in [1.29, 1.82) is 0 Å². The predicted octanol–water partition coefficient (Wildman–Crippen LogP) is 4.01. The number of nitrogens with two attached hydrogens (primary N) is 1. The number of hydrogen-bond donors (Lipinski definition) is 2. The molecule has 152 valence electrons. The molecule has 4 aromatic heterocycles. The molecule has 0 saturated carbocycles. The van der Waals surface area contributed by atoms with E-state index in [1.165, 1.54) is 34.2 Å². The molecule has 6 nitrogen and oxygen atoms in total. The maximum absolute atomic E-state index is 6.43. The summed E-state index contributed by atoms with van der Waals surface area (Å²) in [4.78, 5) is 20.5. The normalized spacial score (nSPS) is 14.4. The summed E-state index contributed by atoms with van der Waals surface area (Å²) >= 11 is 1.81. The fourth-order valence-electron chi connectivity index (χ4n) is 4.04. The highest BCUT2D eigenvalue weighted by Gasteiger charge is 2.21. The van der Waals surface area contributed by atoms with Crippen molar-refractivity contribution < 1.29 is 0 Å². The first-order valence-electron chi connectivity index (χ1n) is 10.4. The molecule has 0 unspecified atom stereocenters. The number of fused-ring (bicyclic) bond motifs is 3. The number of aryl methyl sites for hydroxylation is 2. The van der Waals surface area contributed by atoms with Gasteiger partial charge in [0, 0.05) is 47.8 Å². The Morgan fingerprint density at radius 2 is 1.70 bits per heavy atom. The number of anilines is 1. The largest absolute Gasteiger partial charge is 0.368 e. The molecule has 0 aromatic carbocycles. The number of nitrogens with one attached hydrogen (secondary N) is 1. The van der Waals surface area contributed by atoms with Gasteiger partial charge in [-0.3, -0.25) is 9.97 Å². The van der Waals surface area contributed by atoms with Crippen LogP contribution >= 0.6 is 11.3 Å². The average molecular weight is 417 g/mol. The molecule has 1 aliphatic rings. The molecular formula is C23H24N6S. The van der Waals surface area contributed by atoms with Gasteiger partial charge in [-0.2, -0.15) is 0 Å². The van der Waals surface area contributed by atoms with Crippen LogP contribution in [0.4, 0.5) is 5.82 Å². The molecule has 0 fully saturated rings. The van der Waals surface area contributed by atoms with E-state index >= 15 is 0 Å². The highest BCUT2D eigenvalue weighted by molar-refractivity contribution is 7.19. The fourth-order valence-corrected chi connectivity index (χ4v) is 5.30. The van der Waals surface area contributed by atoms with Gasteiger partial charge < -0.3 is 11.1 Å². The highest BCUT2D eigenvalue weighted by Crippen LogP contribution is 2.39. The van der Waals surface area contributed by atoms with Gasteiger partial charge in [0.05, 0.1) is 5.39 Å². The predicted molar refractivity (Wildman–Crippen MR) is 122 cm³/mol. The van der Waals surface area contributed by atoms with Gasteiger partial charge in [-0.1, -0.05) is 0 Å². The molecule has 4 heterocycles. The Bertz CT molecular complexity index is 1140. The summed E-state index contributed by atoms with van der Waals surface area (Å²) < 4.78 is 0. The van der Waals surface area contributed by atoms with Gasteiger partial charge in [0.1, 0.15) is 10.6 Å². The van der Waals surface area contributed by atoms with E-state index in [1.807, 2.05) is 48.0 Å². The van der Waals surface area contributed by atoms with Crippen molar-refractivity contribution >= 4 is 27.4 Å². The molecule has 0 amide bonds. The monoisotopic (exact) mass is 416 g/mol. The van der Waals surface area contributed by atoms with Gasteiger partial charge in [-0.15, -0.1) is 11.3 Å². The van der Waals surface area contributed by atoms with E-state index in [1.54, 1.807) is 12.4 Å². The summed E-state index contributed by atoms with van der Waals surface area (Å²) in [5.41, 5.74) is 10.0. The zero-order chi connectivity index (χ0) is 20.3. The maximum atomic E-state index is 6.43. The number of thiophene rings is 1. The van der Waals surface area contributed by atoms with Crippen LogP contribution in [0.3, 0.4) is 0 Å². The van der Waals surface area contributed by atoms with Crippen molar-refractivity contribution in [3.8, 4) is 11.4 Å². The molecule has 0 aliphatic heterocycles. The van der Waals surface area contributed by atoms with Crippen molar-refractivity contribution in [2.75, 3.05) is 11.9 Å². The van der Waals surface area contributed by atoms with Gasteiger partial charge in [-0.25, -0.2) is 9.97 Å². The minimum atomic E-state index is -0.0174. The van der Waals surface area contributed by atoms with Crippen LogP contribution in [0.5, 0.6) is 0 Å². The maximum Gasteiger partial charge on any atom is 0.163 e. The van der Waals surface area contributed by atoms with E-state index in [9.17, 15) is 0 Å². The second-order valence-corrected chi connectivity index (χ2v) is 8.81. The zero-order valence-electron chi connectivity index (χ0n) is 16.7. The fraction of sp³-hybridized carbons (Fsp3) is 0.304. The number of pyridine rings is 2. The summed E-state index contributed by atoms with van der Waals surface area (Å²) in [5, 5.41) is 4.74. The van der Waals surface area contributed by atoms with Crippen LogP contribution in [-0.4, -0.2) is 32.5 Å². The van der Waals surface area contributed by atoms with E-state index in [2.05, 4.69) is 15.3 Å². The van der Waals surface area contributed by atoms with Crippen LogP contribution in [0.1, 0.15) is 28.8 Å². The van der Waals surface area contributed by atoms with Crippen molar-refractivity contribution in [2.24, 2.45) is 5.73 Å². The van der Waals surface area contributed by atoms with Crippen LogP contribution < -0.4 is 11.1 Å². The van der Waals surface area contributed by atoms with E-state index < -0.39 is 0 Å². The Balaban J connectivity index is 1.48. The van der Waals surface area contributed by atoms with Crippen molar-refractivity contribution in [2.45, 2.75) is 38.1 Å². The molecule has 1 aliphatic carbocycles. The van der Waals surface area contributed by atoms with E-state index in [0.29, 0.717) is 6.54 Å².